The van der Waals surface area contributed by atoms with Crippen LogP contribution in [0.2, 0.25) is 0 Å². The number of ketones is 1. The number of halogens is 1. The quantitative estimate of drug-likeness (QED) is 0.522. The van der Waals surface area contributed by atoms with Crippen LogP contribution < -0.4 is 10.5 Å². The highest BCUT2D eigenvalue weighted by atomic mass is 19.1. The summed E-state index contributed by atoms with van der Waals surface area (Å²) in [6, 6.07) is 6.60. The molecule has 0 aromatic carbocycles. The molecule has 1 atom stereocenters. The summed E-state index contributed by atoms with van der Waals surface area (Å²) < 4.78 is 21.3. The van der Waals surface area contributed by atoms with E-state index in [0.717, 1.165) is 18.4 Å². The Morgan fingerprint density at radius 1 is 1.30 bits per heavy atom. The molecular formula is C23H29FN4O2. The largest absolute Gasteiger partial charge is 0.471 e. The first kappa shape index (κ1) is 21.9. The standard InChI is InChI=1S/C23H29FN4O2/c1-5-9-23(4,25)10-8-20(29)22-16(3)27-28-19(22)12-15(2)13-21(28)30-14-18-17(24)7-6-11-26-18/h6-7,11-13H,5,8-10,14,25H2,1-4H3. The lowest BCUT2D eigenvalue weighted by atomic mass is 9.89. The van der Waals surface area contributed by atoms with Crippen molar-refractivity contribution in [2.75, 3.05) is 0 Å². The second kappa shape index (κ2) is 8.92. The zero-order chi connectivity index (χ0) is 21.9. The van der Waals surface area contributed by atoms with Crippen molar-refractivity contribution in [3.63, 3.8) is 0 Å². The lowest BCUT2D eigenvalue weighted by Crippen LogP contribution is -2.36. The van der Waals surface area contributed by atoms with Crippen LogP contribution in [0.4, 0.5) is 4.39 Å². The van der Waals surface area contributed by atoms with Crippen molar-refractivity contribution in [2.24, 2.45) is 5.73 Å². The topological polar surface area (TPSA) is 82.5 Å². The Hall–Kier alpha value is -2.80. The monoisotopic (exact) mass is 412 g/mol. The van der Waals surface area contributed by atoms with Gasteiger partial charge in [0.1, 0.15) is 18.1 Å². The van der Waals surface area contributed by atoms with Crippen LogP contribution in [0.1, 0.15) is 66.8 Å². The fraction of sp³-hybridized carbons (Fsp3) is 0.435. The van der Waals surface area contributed by atoms with Crippen LogP contribution in [0.3, 0.4) is 0 Å². The molecule has 3 aromatic heterocycles. The zero-order valence-corrected chi connectivity index (χ0v) is 18.0. The van der Waals surface area contributed by atoms with Gasteiger partial charge in [0.05, 0.1) is 16.8 Å². The molecule has 2 N–H and O–H groups in total. The van der Waals surface area contributed by atoms with Gasteiger partial charge in [-0.25, -0.2) is 8.91 Å². The predicted molar refractivity (Wildman–Crippen MR) is 114 cm³/mol. The summed E-state index contributed by atoms with van der Waals surface area (Å²) in [6.45, 7) is 7.77. The molecule has 1 unspecified atom stereocenters. The SMILES string of the molecule is CCCC(C)(N)CCC(=O)c1c(C)nn2c(OCc3ncccc3F)cc(C)cc12. The molecule has 3 rings (SSSR count). The molecule has 0 bridgehead atoms. The predicted octanol–water partition coefficient (Wildman–Crippen LogP) is 4.54. The zero-order valence-electron chi connectivity index (χ0n) is 18.0. The van der Waals surface area contributed by atoms with Crippen molar-refractivity contribution in [2.45, 2.75) is 65.5 Å². The van der Waals surface area contributed by atoms with Crippen molar-refractivity contribution in [1.82, 2.24) is 14.6 Å². The molecule has 3 heterocycles. The highest BCUT2D eigenvalue weighted by Gasteiger charge is 2.23. The molecule has 0 aliphatic heterocycles. The van der Waals surface area contributed by atoms with E-state index in [1.807, 2.05) is 32.9 Å². The third-order valence-electron chi connectivity index (χ3n) is 5.23. The molecule has 0 saturated carbocycles. The third-order valence-corrected chi connectivity index (χ3v) is 5.23. The summed E-state index contributed by atoms with van der Waals surface area (Å²) in [7, 11) is 0. The minimum absolute atomic E-state index is 0.0163. The molecule has 160 valence electrons. The molecule has 0 aliphatic carbocycles. The summed E-state index contributed by atoms with van der Waals surface area (Å²) in [5, 5.41) is 4.52. The summed E-state index contributed by atoms with van der Waals surface area (Å²) in [4.78, 5) is 17.0. The van der Waals surface area contributed by atoms with Gasteiger partial charge in [-0.3, -0.25) is 9.78 Å². The van der Waals surface area contributed by atoms with Gasteiger partial charge < -0.3 is 10.5 Å². The van der Waals surface area contributed by atoms with Crippen LogP contribution in [-0.4, -0.2) is 25.9 Å². The number of carbonyl (C=O) groups is 1. The second-order valence-corrected chi connectivity index (χ2v) is 8.18. The average Bonchev–Trinajstić information content (AvgIpc) is 3.01. The molecule has 6 nitrogen and oxygen atoms in total. The maximum absolute atomic E-state index is 13.9. The van der Waals surface area contributed by atoms with Crippen molar-refractivity contribution >= 4 is 11.3 Å². The van der Waals surface area contributed by atoms with Gasteiger partial charge in [0.25, 0.3) is 0 Å². The molecule has 0 spiro atoms. The minimum atomic E-state index is -0.425. The number of hydrogen-bond donors (Lipinski definition) is 1. The van der Waals surface area contributed by atoms with Crippen molar-refractivity contribution in [1.29, 1.82) is 0 Å². The van der Waals surface area contributed by atoms with Crippen molar-refractivity contribution in [3.05, 3.63) is 58.8 Å². The fourth-order valence-electron chi connectivity index (χ4n) is 3.69. The molecule has 0 aliphatic rings. The maximum Gasteiger partial charge on any atom is 0.215 e. The number of nitrogens with zero attached hydrogens (tertiary/aromatic N) is 3. The number of hydrogen-bond acceptors (Lipinski definition) is 5. The van der Waals surface area contributed by atoms with E-state index in [9.17, 15) is 9.18 Å². The van der Waals surface area contributed by atoms with E-state index in [0.29, 0.717) is 35.5 Å². The molecule has 0 fully saturated rings. The van der Waals surface area contributed by atoms with Gasteiger partial charge in [-0.15, -0.1) is 0 Å². The van der Waals surface area contributed by atoms with E-state index < -0.39 is 5.82 Å². The van der Waals surface area contributed by atoms with Gasteiger partial charge in [-0.05, 0) is 57.4 Å². The molecule has 3 aromatic rings. The first-order valence-electron chi connectivity index (χ1n) is 10.3. The number of Topliss-reactive ketones (excluding diaryl/α,β-unsaturated/α-hetero) is 1. The molecular weight excluding hydrogens is 383 g/mol. The van der Waals surface area contributed by atoms with Crippen LogP contribution in [0.5, 0.6) is 5.88 Å². The molecule has 0 amide bonds. The van der Waals surface area contributed by atoms with Crippen molar-refractivity contribution in [3.8, 4) is 5.88 Å². The van der Waals surface area contributed by atoms with Crippen LogP contribution in [0.15, 0.2) is 30.5 Å². The Morgan fingerprint density at radius 2 is 2.07 bits per heavy atom. The maximum atomic E-state index is 13.9. The van der Waals surface area contributed by atoms with Crippen molar-refractivity contribution < 1.29 is 13.9 Å². The summed E-state index contributed by atoms with van der Waals surface area (Å²) in [6.07, 6.45) is 4.35. The number of rotatable bonds is 9. The molecule has 30 heavy (non-hydrogen) atoms. The van der Waals surface area contributed by atoms with E-state index in [4.69, 9.17) is 10.5 Å². The van der Waals surface area contributed by atoms with Gasteiger partial charge in [-0.1, -0.05) is 13.3 Å². The van der Waals surface area contributed by atoms with E-state index in [1.165, 1.54) is 18.3 Å². The van der Waals surface area contributed by atoms with E-state index in [2.05, 4.69) is 17.0 Å². The Labute approximate surface area is 176 Å². The van der Waals surface area contributed by atoms with Gasteiger partial charge >= 0.3 is 0 Å². The lowest BCUT2D eigenvalue weighted by molar-refractivity contribution is 0.0971. The van der Waals surface area contributed by atoms with Gasteiger partial charge in [-0.2, -0.15) is 5.10 Å². The number of carbonyl (C=O) groups excluding carboxylic acids is 1. The van der Waals surface area contributed by atoms with Gasteiger partial charge in [0.15, 0.2) is 5.78 Å². The Bertz CT molecular complexity index is 1060. The summed E-state index contributed by atoms with van der Waals surface area (Å²) >= 11 is 0. The highest BCUT2D eigenvalue weighted by Crippen LogP contribution is 2.26. The number of aryl methyl sites for hydroxylation is 2. The van der Waals surface area contributed by atoms with E-state index in [1.54, 1.807) is 4.52 Å². The number of nitrogens with two attached hydrogens (primary N) is 1. The van der Waals surface area contributed by atoms with E-state index in [-0.39, 0.29) is 23.6 Å². The minimum Gasteiger partial charge on any atom is -0.471 e. The first-order valence-corrected chi connectivity index (χ1v) is 10.3. The van der Waals surface area contributed by atoms with E-state index >= 15 is 0 Å². The second-order valence-electron chi connectivity index (χ2n) is 8.18. The molecule has 7 heteroatoms. The number of aromatic nitrogens is 3. The Kier molecular flexibility index (Phi) is 6.51. The number of pyridine rings is 2. The fourth-order valence-corrected chi connectivity index (χ4v) is 3.69. The third kappa shape index (κ3) is 4.84. The number of ether oxygens (including phenoxy) is 1. The van der Waals surface area contributed by atoms with Gasteiger partial charge in [0, 0.05) is 24.2 Å². The first-order chi connectivity index (χ1) is 14.2. The van der Waals surface area contributed by atoms with Crippen LogP contribution in [-0.2, 0) is 6.61 Å². The van der Waals surface area contributed by atoms with Gasteiger partial charge in [0.2, 0.25) is 5.88 Å². The highest BCUT2D eigenvalue weighted by molar-refractivity contribution is 6.03. The smallest absolute Gasteiger partial charge is 0.215 e. The number of fused-ring (bicyclic) bond motifs is 1. The molecule has 0 saturated heterocycles. The molecule has 0 radical (unpaired) electrons. The Balaban J connectivity index is 1.88. The average molecular weight is 413 g/mol. The van der Waals surface area contributed by atoms with Crippen LogP contribution in [0, 0.1) is 19.7 Å². The normalized spacial score (nSPS) is 13.4. The van der Waals surface area contributed by atoms with Crippen LogP contribution in [0.25, 0.3) is 5.52 Å². The summed E-state index contributed by atoms with van der Waals surface area (Å²) in [5.74, 6) is 0.0280. The lowest BCUT2D eigenvalue weighted by Gasteiger charge is -2.23. The van der Waals surface area contributed by atoms with Crippen LogP contribution >= 0.6 is 0 Å². The summed E-state index contributed by atoms with van der Waals surface area (Å²) in [5.41, 5.74) is 8.97. The Morgan fingerprint density at radius 3 is 2.77 bits per heavy atom.